The summed E-state index contributed by atoms with van der Waals surface area (Å²) in [5, 5.41) is 6.49. The van der Waals surface area contributed by atoms with E-state index in [1.165, 1.54) is 11.8 Å². The van der Waals surface area contributed by atoms with Crippen LogP contribution in [0.3, 0.4) is 0 Å². The van der Waals surface area contributed by atoms with Gasteiger partial charge in [0.1, 0.15) is 0 Å². The lowest BCUT2D eigenvalue weighted by Gasteiger charge is -2.04. The summed E-state index contributed by atoms with van der Waals surface area (Å²) in [5.74, 6) is 1.31. The first-order valence-electron chi connectivity index (χ1n) is 6.73. The Hall–Kier alpha value is -1.30. The molecule has 0 radical (unpaired) electrons. The minimum Gasteiger partial charge on any atom is -0.216 e. The van der Waals surface area contributed by atoms with Gasteiger partial charge >= 0.3 is 0 Å². The number of thioether (sulfide) groups is 1. The van der Waals surface area contributed by atoms with Crippen molar-refractivity contribution in [2.75, 3.05) is 0 Å². The number of rotatable bonds is 3. The maximum absolute atomic E-state index is 6.19. The number of hydrogen-bond donors (Lipinski definition) is 0. The predicted octanol–water partition coefficient (Wildman–Crippen LogP) is 4.65. The first-order chi connectivity index (χ1) is 10.5. The second-order valence-corrected chi connectivity index (χ2v) is 6.82. The summed E-state index contributed by atoms with van der Waals surface area (Å²) >= 11 is 13.6. The minimum atomic E-state index is 0.630. The molecule has 7 heteroatoms. The standard InChI is InChI=1S/C15H14Cl2N4S/c1-8-9(2)18-14-19-15(20-21(14)10(8)3)22-7-11-4-5-12(16)6-13(11)17/h4-6H,7H2,1-3H3. The molecule has 0 aliphatic carbocycles. The molecule has 0 aliphatic rings. The third-order valence-corrected chi connectivity index (χ3v) is 5.09. The number of aromatic nitrogens is 4. The van der Waals surface area contributed by atoms with Gasteiger partial charge in [0.15, 0.2) is 0 Å². The molecule has 0 unspecified atom stereocenters. The molecule has 114 valence electrons. The van der Waals surface area contributed by atoms with E-state index >= 15 is 0 Å². The Morgan fingerprint density at radius 2 is 1.91 bits per heavy atom. The molecule has 0 spiro atoms. The summed E-state index contributed by atoms with van der Waals surface area (Å²) in [4.78, 5) is 8.95. The lowest BCUT2D eigenvalue weighted by atomic mass is 10.2. The van der Waals surface area contributed by atoms with E-state index in [2.05, 4.69) is 15.1 Å². The molecule has 3 rings (SSSR count). The Kier molecular flexibility index (Phi) is 4.30. The zero-order valence-electron chi connectivity index (χ0n) is 12.4. The molecule has 4 nitrogen and oxygen atoms in total. The molecule has 0 bridgehead atoms. The molecule has 0 aliphatic heterocycles. The van der Waals surface area contributed by atoms with Crippen molar-refractivity contribution in [1.82, 2.24) is 19.6 Å². The molecule has 0 saturated carbocycles. The molecule has 0 fully saturated rings. The summed E-state index contributed by atoms with van der Waals surface area (Å²) in [6.07, 6.45) is 0. The van der Waals surface area contributed by atoms with Gasteiger partial charge in [0.25, 0.3) is 5.78 Å². The Morgan fingerprint density at radius 3 is 2.64 bits per heavy atom. The van der Waals surface area contributed by atoms with Crippen LogP contribution < -0.4 is 0 Å². The topological polar surface area (TPSA) is 43.1 Å². The zero-order chi connectivity index (χ0) is 15.9. The highest BCUT2D eigenvalue weighted by Crippen LogP contribution is 2.27. The molecule has 22 heavy (non-hydrogen) atoms. The van der Waals surface area contributed by atoms with E-state index < -0.39 is 0 Å². The molecular formula is C15H14Cl2N4S. The fourth-order valence-electron chi connectivity index (χ4n) is 2.08. The maximum atomic E-state index is 6.19. The average Bonchev–Trinajstić information content (AvgIpc) is 2.87. The lowest BCUT2D eigenvalue weighted by molar-refractivity contribution is 0.832. The number of benzene rings is 1. The van der Waals surface area contributed by atoms with Crippen LogP contribution in [-0.4, -0.2) is 19.6 Å². The van der Waals surface area contributed by atoms with Crippen LogP contribution >= 0.6 is 35.0 Å². The SMILES string of the molecule is Cc1nc2nc(SCc3ccc(Cl)cc3Cl)nn2c(C)c1C. The van der Waals surface area contributed by atoms with Gasteiger partial charge in [-0.1, -0.05) is 41.0 Å². The first kappa shape index (κ1) is 15.6. The van der Waals surface area contributed by atoms with Crippen molar-refractivity contribution in [2.24, 2.45) is 0 Å². The van der Waals surface area contributed by atoms with Crippen molar-refractivity contribution in [2.45, 2.75) is 31.7 Å². The Balaban J connectivity index is 1.87. The van der Waals surface area contributed by atoms with Crippen LogP contribution in [0, 0.1) is 20.8 Å². The van der Waals surface area contributed by atoms with Crippen LogP contribution in [0.4, 0.5) is 0 Å². The number of hydrogen-bond acceptors (Lipinski definition) is 4. The van der Waals surface area contributed by atoms with E-state index in [1.54, 1.807) is 10.6 Å². The van der Waals surface area contributed by atoms with Crippen molar-refractivity contribution in [3.63, 3.8) is 0 Å². The maximum Gasteiger partial charge on any atom is 0.253 e. The average molecular weight is 353 g/mol. The van der Waals surface area contributed by atoms with E-state index in [1.807, 2.05) is 32.9 Å². The van der Waals surface area contributed by atoms with Gasteiger partial charge < -0.3 is 0 Å². The largest absolute Gasteiger partial charge is 0.253 e. The van der Waals surface area contributed by atoms with Crippen molar-refractivity contribution in [1.29, 1.82) is 0 Å². The number of aryl methyl sites for hydroxylation is 2. The van der Waals surface area contributed by atoms with Crippen molar-refractivity contribution in [3.05, 3.63) is 50.8 Å². The Labute approximate surface area is 142 Å². The number of halogens is 2. The first-order valence-corrected chi connectivity index (χ1v) is 8.47. The predicted molar refractivity (Wildman–Crippen MR) is 91.0 cm³/mol. The van der Waals surface area contributed by atoms with Crippen LogP contribution in [-0.2, 0) is 5.75 Å². The van der Waals surface area contributed by atoms with E-state index in [0.29, 0.717) is 26.7 Å². The highest BCUT2D eigenvalue weighted by Gasteiger charge is 2.12. The molecule has 2 heterocycles. The third-order valence-electron chi connectivity index (χ3n) is 3.61. The molecule has 1 aromatic carbocycles. The van der Waals surface area contributed by atoms with Gasteiger partial charge in [-0.05, 0) is 44.0 Å². The fraction of sp³-hybridized carbons (Fsp3) is 0.267. The van der Waals surface area contributed by atoms with Gasteiger partial charge in [-0.3, -0.25) is 0 Å². The van der Waals surface area contributed by atoms with Crippen molar-refractivity contribution < 1.29 is 0 Å². The Morgan fingerprint density at radius 1 is 1.14 bits per heavy atom. The molecule has 0 saturated heterocycles. The van der Waals surface area contributed by atoms with E-state index in [-0.39, 0.29) is 0 Å². The molecule has 2 aromatic heterocycles. The van der Waals surface area contributed by atoms with Crippen LogP contribution in [0.5, 0.6) is 0 Å². The lowest BCUT2D eigenvalue weighted by Crippen LogP contribution is -2.02. The fourth-order valence-corrected chi connectivity index (χ4v) is 3.46. The second-order valence-electron chi connectivity index (χ2n) is 5.04. The molecule has 0 amide bonds. The monoisotopic (exact) mass is 352 g/mol. The van der Waals surface area contributed by atoms with Crippen LogP contribution in [0.15, 0.2) is 23.4 Å². The van der Waals surface area contributed by atoms with Gasteiger partial charge in [-0.2, -0.15) is 4.98 Å². The van der Waals surface area contributed by atoms with Crippen molar-refractivity contribution >= 4 is 40.7 Å². The molecule has 0 N–H and O–H groups in total. The summed E-state index contributed by atoms with van der Waals surface area (Å²) < 4.78 is 1.79. The summed E-state index contributed by atoms with van der Waals surface area (Å²) in [6, 6.07) is 5.50. The van der Waals surface area contributed by atoms with Gasteiger partial charge in [0.2, 0.25) is 5.16 Å². The Bertz CT molecular complexity index is 860. The number of fused-ring (bicyclic) bond motifs is 1. The number of nitrogens with zero attached hydrogens (tertiary/aromatic N) is 4. The normalized spacial score (nSPS) is 11.3. The van der Waals surface area contributed by atoms with Gasteiger partial charge in [0.05, 0.1) is 0 Å². The van der Waals surface area contributed by atoms with E-state index in [0.717, 1.165) is 22.5 Å². The zero-order valence-corrected chi connectivity index (χ0v) is 14.7. The summed E-state index contributed by atoms with van der Waals surface area (Å²) in [7, 11) is 0. The van der Waals surface area contributed by atoms with Crippen molar-refractivity contribution in [3.8, 4) is 0 Å². The highest BCUT2D eigenvalue weighted by molar-refractivity contribution is 7.98. The minimum absolute atomic E-state index is 0.630. The van der Waals surface area contributed by atoms with Crippen LogP contribution in [0.2, 0.25) is 10.0 Å². The second kappa shape index (κ2) is 6.07. The smallest absolute Gasteiger partial charge is 0.216 e. The van der Waals surface area contributed by atoms with Crippen LogP contribution in [0.25, 0.3) is 5.78 Å². The summed E-state index contributed by atoms with van der Waals surface area (Å²) in [6.45, 7) is 6.05. The van der Waals surface area contributed by atoms with Gasteiger partial charge in [0, 0.05) is 27.2 Å². The van der Waals surface area contributed by atoms with E-state index in [9.17, 15) is 0 Å². The highest BCUT2D eigenvalue weighted by atomic mass is 35.5. The quantitative estimate of drug-likeness (QED) is 0.643. The summed E-state index contributed by atoms with van der Waals surface area (Å²) in [5.41, 5.74) is 4.18. The molecular weight excluding hydrogens is 339 g/mol. The van der Waals surface area contributed by atoms with Gasteiger partial charge in [-0.25, -0.2) is 9.50 Å². The molecule has 3 aromatic rings. The van der Waals surface area contributed by atoms with Gasteiger partial charge in [-0.15, -0.1) is 5.10 Å². The third kappa shape index (κ3) is 2.93. The molecule has 0 atom stereocenters. The van der Waals surface area contributed by atoms with E-state index in [4.69, 9.17) is 23.2 Å². The van der Waals surface area contributed by atoms with Crippen LogP contribution in [0.1, 0.15) is 22.5 Å².